The number of benzene rings is 1. The summed E-state index contributed by atoms with van der Waals surface area (Å²) in [7, 11) is 1.66. The maximum Gasteiger partial charge on any atom is 0.237 e. The lowest BCUT2D eigenvalue weighted by atomic mass is 10.1. The van der Waals surface area contributed by atoms with Gasteiger partial charge in [0.05, 0.1) is 11.7 Å². The van der Waals surface area contributed by atoms with Crippen molar-refractivity contribution in [2.45, 2.75) is 31.7 Å². The first-order valence-electron chi connectivity index (χ1n) is 8.48. The van der Waals surface area contributed by atoms with Gasteiger partial charge in [0, 0.05) is 32.4 Å². The molecule has 0 unspecified atom stereocenters. The highest BCUT2D eigenvalue weighted by Gasteiger charge is 2.34. The number of rotatable bonds is 6. The van der Waals surface area contributed by atoms with E-state index < -0.39 is 0 Å². The van der Waals surface area contributed by atoms with Gasteiger partial charge >= 0.3 is 0 Å². The highest BCUT2D eigenvalue weighted by atomic mass is 16.5. The second-order valence-electron chi connectivity index (χ2n) is 6.31. The summed E-state index contributed by atoms with van der Waals surface area (Å²) in [6, 6.07) is 13.6. The largest absolute Gasteiger partial charge is 0.487 e. The van der Waals surface area contributed by atoms with Crippen LogP contribution in [0.5, 0.6) is 5.75 Å². The van der Waals surface area contributed by atoms with Gasteiger partial charge in [-0.2, -0.15) is 0 Å². The van der Waals surface area contributed by atoms with Crippen LogP contribution in [0.15, 0.2) is 48.7 Å². The van der Waals surface area contributed by atoms with Gasteiger partial charge in [0.1, 0.15) is 12.4 Å². The monoisotopic (exact) mass is 340 g/mol. The molecule has 0 spiro atoms. The summed E-state index contributed by atoms with van der Waals surface area (Å²) in [6.45, 7) is 1.88. The molecule has 2 atom stereocenters. The number of pyridine rings is 1. The van der Waals surface area contributed by atoms with E-state index in [-0.39, 0.29) is 18.0 Å². The summed E-state index contributed by atoms with van der Waals surface area (Å²) >= 11 is 0. The zero-order chi connectivity index (χ0) is 17.6. The van der Waals surface area contributed by atoms with Gasteiger partial charge in [0.15, 0.2) is 0 Å². The van der Waals surface area contributed by atoms with E-state index in [0.29, 0.717) is 19.6 Å². The van der Waals surface area contributed by atoms with Gasteiger partial charge in [0.2, 0.25) is 5.91 Å². The van der Waals surface area contributed by atoms with Gasteiger partial charge < -0.3 is 15.8 Å². The van der Waals surface area contributed by atoms with Crippen molar-refractivity contribution in [1.82, 2.24) is 15.2 Å². The Morgan fingerprint density at radius 3 is 2.80 bits per heavy atom. The van der Waals surface area contributed by atoms with Crippen molar-refractivity contribution in [2.24, 2.45) is 5.73 Å². The first-order valence-corrected chi connectivity index (χ1v) is 8.48. The molecule has 0 aliphatic carbocycles. The highest BCUT2D eigenvalue weighted by molar-refractivity contribution is 5.81. The van der Waals surface area contributed by atoms with Crippen LogP contribution in [0.3, 0.4) is 0 Å². The number of carbonyl (C=O) groups excluding carboxylic acids is 1. The normalized spacial score (nSPS) is 20.4. The number of likely N-dealkylation sites (tertiary alicyclic amines) is 1. The lowest BCUT2D eigenvalue weighted by molar-refractivity contribution is -0.125. The molecular weight excluding hydrogens is 316 g/mol. The summed E-state index contributed by atoms with van der Waals surface area (Å²) in [5.41, 5.74) is 8.06. The Hall–Kier alpha value is -2.44. The molecule has 0 saturated carbocycles. The van der Waals surface area contributed by atoms with Crippen molar-refractivity contribution < 1.29 is 9.53 Å². The van der Waals surface area contributed by atoms with Gasteiger partial charge in [-0.3, -0.25) is 14.7 Å². The lowest BCUT2D eigenvalue weighted by Gasteiger charge is -2.23. The fraction of sp³-hybridized carbons (Fsp3) is 0.368. The van der Waals surface area contributed by atoms with E-state index in [9.17, 15) is 4.79 Å². The van der Waals surface area contributed by atoms with Crippen LogP contribution in [0.1, 0.15) is 17.7 Å². The average Bonchev–Trinajstić information content (AvgIpc) is 3.01. The average molecular weight is 340 g/mol. The molecule has 1 saturated heterocycles. The molecule has 1 aliphatic heterocycles. The number of ether oxygens (including phenoxy) is 1. The molecule has 1 fully saturated rings. The summed E-state index contributed by atoms with van der Waals surface area (Å²) in [6.07, 6.45) is 2.45. The van der Waals surface area contributed by atoms with Crippen LogP contribution in [-0.2, 0) is 17.9 Å². The number of hydrogen-bond acceptors (Lipinski definition) is 5. The number of nitrogens with zero attached hydrogens (tertiary/aromatic N) is 2. The van der Waals surface area contributed by atoms with E-state index in [2.05, 4.69) is 15.2 Å². The van der Waals surface area contributed by atoms with Crippen molar-refractivity contribution in [1.29, 1.82) is 0 Å². The number of aromatic nitrogens is 1. The van der Waals surface area contributed by atoms with Crippen molar-refractivity contribution in [3.8, 4) is 5.75 Å². The van der Waals surface area contributed by atoms with Crippen LogP contribution in [-0.4, -0.2) is 41.5 Å². The van der Waals surface area contributed by atoms with E-state index >= 15 is 0 Å². The second kappa shape index (κ2) is 8.09. The molecule has 25 heavy (non-hydrogen) atoms. The van der Waals surface area contributed by atoms with Crippen molar-refractivity contribution in [3.05, 3.63) is 59.9 Å². The predicted molar refractivity (Wildman–Crippen MR) is 95.9 cm³/mol. The third-order valence-corrected chi connectivity index (χ3v) is 4.41. The molecule has 3 rings (SSSR count). The van der Waals surface area contributed by atoms with E-state index in [1.54, 1.807) is 13.2 Å². The van der Waals surface area contributed by atoms with Gasteiger partial charge in [-0.15, -0.1) is 0 Å². The Labute approximate surface area is 148 Å². The van der Waals surface area contributed by atoms with Crippen LogP contribution in [0.2, 0.25) is 0 Å². The van der Waals surface area contributed by atoms with Crippen LogP contribution >= 0.6 is 0 Å². The van der Waals surface area contributed by atoms with Crippen LogP contribution in [0, 0.1) is 0 Å². The van der Waals surface area contributed by atoms with Gasteiger partial charge in [0.25, 0.3) is 0 Å². The Morgan fingerprint density at radius 2 is 2.12 bits per heavy atom. The number of likely N-dealkylation sites (N-methyl/N-ethyl adjacent to an activating group) is 1. The predicted octanol–water partition coefficient (Wildman–Crippen LogP) is 1.31. The fourth-order valence-electron chi connectivity index (χ4n) is 3.12. The molecule has 2 heterocycles. The third-order valence-electron chi connectivity index (χ3n) is 4.41. The smallest absolute Gasteiger partial charge is 0.237 e. The lowest BCUT2D eigenvalue weighted by Crippen LogP contribution is -2.41. The Bertz CT molecular complexity index is 690. The highest BCUT2D eigenvalue weighted by Crippen LogP contribution is 2.21. The van der Waals surface area contributed by atoms with E-state index in [4.69, 9.17) is 10.5 Å². The summed E-state index contributed by atoms with van der Waals surface area (Å²) in [4.78, 5) is 18.4. The molecule has 1 aliphatic rings. The maximum absolute atomic E-state index is 12.0. The van der Waals surface area contributed by atoms with Crippen molar-refractivity contribution in [2.75, 3.05) is 13.6 Å². The molecular formula is C19H24N4O2. The van der Waals surface area contributed by atoms with Crippen molar-refractivity contribution >= 4 is 5.91 Å². The standard InChI is InChI=1S/C19H24N4O2/c1-21-19(24)18-10-15(20)12-23(18)11-14-5-7-17(8-6-14)25-13-16-4-2-3-9-22-16/h2-9,15,18H,10-13,20H2,1H3,(H,21,24)/t15-,18+/m1/s1. The third kappa shape index (κ3) is 4.55. The second-order valence-corrected chi connectivity index (χ2v) is 6.31. The quantitative estimate of drug-likeness (QED) is 0.829. The molecule has 1 aromatic carbocycles. The number of nitrogens with one attached hydrogen (secondary N) is 1. The fourth-order valence-corrected chi connectivity index (χ4v) is 3.12. The SMILES string of the molecule is CNC(=O)[C@@H]1C[C@@H](N)CN1Cc1ccc(OCc2ccccn2)cc1. The molecule has 1 aromatic heterocycles. The summed E-state index contributed by atoms with van der Waals surface area (Å²) in [5.74, 6) is 0.832. The minimum atomic E-state index is -0.153. The van der Waals surface area contributed by atoms with E-state index in [1.165, 1.54) is 0 Å². The van der Waals surface area contributed by atoms with E-state index in [0.717, 1.165) is 23.6 Å². The molecule has 132 valence electrons. The molecule has 2 aromatic rings. The zero-order valence-electron chi connectivity index (χ0n) is 14.4. The number of hydrogen-bond donors (Lipinski definition) is 2. The molecule has 0 radical (unpaired) electrons. The topological polar surface area (TPSA) is 80.5 Å². The summed E-state index contributed by atoms with van der Waals surface area (Å²) < 4.78 is 5.75. The van der Waals surface area contributed by atoms with Gasteiger partial charge in [-0.25, -0.2) is 0 Å². The Kier molecular flexibility index (Phi) is 5.63. The molecule has 6 heteroatoms. The number of amides is 1. The molecule has 6 nitrogen and oxygen atoms in total. The zero-order valence-corrected chi connectivity index (χ0v) is 14.4. The number of carbonyl (C=O) groups is 1. The minimum absolute atomic E-state index is 0.0308. The molecule has 0 bridgehead atoms. The molecule has 3 N–H and O–H groups in total. The van der Waals surface area contributed by atoms with E-state index in [1.807, 2.05) is 42.5 Å². The first kappa shape index (κ1) is 17.4. The first-order chi connectivity index (χ1) is 12.2. The number of nitrogens with two attached hydrogens (primary N) is 1. The van der Waals surface area contributed by atoms with Gasteiger partial charge in [-0.1, -0.05) is 18.2 Å². The van der Waals surface area contributed by atoms with Gasteiger partial charge in [-0.05, 0) is 36.2 Å². The summed E-state index contributed by atoms with van der Waals surface area (Å²) in [5, 5.41) is 2.72. The van der Waals surface area contributed by atoms with Crippen LogP contribution in [0.25, 0.3) is 0 Å². The molecule has 1 amide bonds. The maximum atomic E-state index is 12.0. The Balaban J connectivity index is 1.57. The van der Waals surface area contributed by atoms with Crippen LogP contribution < -0.4 is 15.8 Å². The van der Waals surface area contributed by atoms with Crippen molar-refractivity contribution in [3.63, 3.8) is 0 Å². The Morgan fingerprint density at radius 1 is 1.32 bits per heavy atom. The minimum Gasteiger partial charge on any atom is -0.487 e. The van der Waals surface area contributed by atoms with Crippen LogP contribution in [0.4, 0.5) is 0 Å².